The first kappa shape index (κ1) is 28.4. The fourth-order valence-corrected chi connectivity index (χ4v) is 4.70. The predicted molar refractivity (Wildman–Crippen MR) is 135 cm³/mol. The van der Waals surface area contributed by atoms with Gasteiger partial charge in [0.2, 0.25) is 5.69 Å². The number of methoxy groups -OCH3 is 2. The smallest absolute Gasteiger partial charge is 0.207 e. The zero-order valence-corrected chi connectivity index (χ0v) is 22.6. The van der Waals surface area contributed by atoms with Crippen LogP contribution in [-0.4, -0.2) is 20.4 Å². The molecule has 9 nitrogen and oxygen atoms in total. The number of fused-ring (bicyclic) bond motifs is 1. The van der Waals surface area contributed by atoms with Crippen LogP contribution in [0, 0.1) is 10.2 Å². The van der Waals surface area contributed by atoms with Crippen LogP contribution in [0.15, 0.2) is 94.6 Å². The molecule has 0 atom stereocenters. The summed E-state index contributed by atoms with van der Waals surface area (Å²) in [6.45, 7) is 0. The lowest BCUT2D eigenvalue weighted by Gasteiger charge is -2.31. The topological polar surface area (TPSA) is 146 Å². The molecule has 0 unspecified atom stereocenters. The maximum Gasteiger partial charge on any atom is 0.207 e. The molecule has 2 N–H and O–H groups in total. The minimum atomic E-state index is -4.94. The van der Waals surface area contributed by atoms with Crippen molar-refractivity contribution in [3.05, 3.63) is 94.6 Å². The van der Waals surface area contributed by atoms with Crippen LogP contribution in [0.1, 0.15) is 38.5 Å². The lowest BCUT2D eigenvalue weighted by atomic mass is 9.86. The van der Waals surface area contributed by atoms with E-state index in [4.69, 9.17) is 32.8 Å². The van der Waals surface area contributed by atoms with Crippen LogP contribution in [0.3, 0.4) is 0 Å². The van der Waals surface area contributed by atoms with Gasteiger partial charge in [-0.2, -0.15) is 0 Å². The number of halogens is 1. The van der Waals surface area contributed by atoms with Crippen LogP contribution in [0.25, 0.3) is 0 Å². The molecule has 206 valence electrons. The van der Waals surface area contributed by atoms with Crippen molar-refractivity contribution in [3.8, 4) is 11.5 Å². The fraction of sp³-hybridized carbons (Fsp3) is 0.276. The second-order valence-electron chi connectivity index (χ2n) is 9.13. The van der Waals surface area contributed by atoms with Gasteiger partial charge in [-0.1, -0.05) is 12.1 Å². The van der Waals surface area contributed by atoms with Gasteiger partial charge in [0, 0.05) is 29.6 Å². The van der Waals surface area contributed by atoms with Gasteiger partial charge in [0.25, 0.3) is 0 Å². The van der Waals surface area contributed by atoms with Gasteiger partial charge in [0.1, 0.15) is 23.0 Å². The van der Waals surface area contributed by atoms with E-state index in [2.05, 4.69) is 28.8 Å². The highest BCUT2D eigenvalue weighted by atomic mass is 35.7. The highest BCUT2D eigenvalue weighted by Crippen LogP contribution is 2.42. The van der Waals surface area contributed by atoms with E-state index in [0.29, 0.717) is 0 Å². The summed E-state index contributed by atoms with van der Waals surface area (Å²) in [6, 6.07) is 15.9. The number of hydrogen-bond donors (Lipinski definition) is 2. The molecule has 1 heterocycles. The Bertz CT molecular complexity index is 1330. The number of rotatable bonds is 6. The first-order valence-corrected chi connectivity index (χ1v) is 13.8. The molecule has 1 aliphatic heterocycles. The highest BCUT2D eigenvalue weighted by molar-refractivity contribution is 5.78. The largest absolute Gasteiger partial charge is 0.497 e. The van der Waals surface area contributed by atoms with E-state index in [1.54, 1.807) is 14.2 Å². The Morgan fingerprint density at radius 1 is 0.872 bits per heavy atom. The van der Waals surface area contributed by atoms with Crippen molar-refractivity contribution in [2.45, 2.75) is 38.5 Å². The molecule has 0 radical (unpaired) electrons. The van der Waals surface area contributed by atoms with E-state index in [0.717, 1.165) is 72.9 Å². The summed E-state index contributed by atoms with van der Waals surface area (Å²) in [6.07, 6.45) is 12.9. The minimum absolute atomic E-state index is 0.838. The summed E-state index contributed by atoms with van der Waals surface area (Å²) in [5, 5.41) is 3.44. The predicted octanol–water partition coefficient (Wildman–Crippen LogP) is 0.559. The lowest BCUT2D eigenvalue weighted by Crippen LogP contribution is -2.68. The quantitative estimate of drug-likeness (QED) is 0.493. The Morgan fingerprint density at radius 2 is 1.56 bits per heavy atom. The van der Waals surface area contributed by atoms with E-state index in [1.807, 2.05) is 48.5 Å². The average Bonchev–Trinajstić information content (AvgIpc) is 2.93. The summed E-state index contributed by atoms with van der Waals surface area (Å²) in [5.74, 6) is 3.69. The summed E-state index contributed by atoms with van der Waals surface area (Å²) >= 11 is 0. The second kappa shape index (κ2) is 13.0. The Morgan fingerprint density at radius 3 is 2.31 bits per heavy atom. The Kier molecular flexibility index (Phi) is 9.45. The van der Waals surface area contributed by atoms with E-state index in [1.165, 1.54) is 22.3 Å². The molecule has 2 aromatic carbocycles. The van der Waals surface area contributed by atoms with Gasteiger partial charge in [0.05, 0.1) is 25.9 Å². The molecule has 5 rings (SSSR count). The normalized spacial score (nSPS) is 18.0. The molecule has 3 aliphatic rings. The van der Waals surface area contributed by atoms with Gasteiger partial charge in [-0.25, -0.2) is 23.6 Å². The monoisotopic (exact) mass is 554 g/mol. The van der Waals surface area contributed by atoms with Crippen molar-refractivity contribution in [2.24, 2.45) is 0 Å². The van der Waals surface area contributed by atoms with Gasteiger partial charge in [-0.3, -0.25) is 0 Å². The molecule has 10 heteroatoms. The molecule has 39 heavy (non-hydrogen) atoms. The van der Waals surface area contributed by atoms with E-state index >= 15 is 0 Å². The Labute approximate surface area is 229 Å². The van der Waals surface area contributed by atoms with Gasteiger partial charge < -0.3 is 19.5 Å². The molecule has 0 saturated heterocycles. The second-order valence-corrected chi connectivity index (χ2v) is 9.89. The third kappa shape index (κ3) is 8.19. The number of nitrogens with one attached hydrogen (secondary N) is 2. The van der Waals surface area contributed by atoms with Crippen molar-refractivity contribution in [1.29, 1.82) is 0 Å². The molecule has 2 aliphatic carbocycles. The summed E-state index contributed by atoms with van der Waals surface area (Å²) in [7, 11) is -1.57. The van der Waals surface area contributed by atoms with Crippen LogP contribution in [0.4, 0.5) is 11.4 Å². The summed E-state index contributed by atoms with van der Waals surface area (Å²) in [4.78, 5) is 3.44. The molecular formula is C29H31ClN2O7. The Balaban J connectivity index is 0.000000648. The molecule has 0 bridgehead atoms. The van der Waals surface area contributed by atoms with Crippen LogP contribution >= 0.6 is 0 Å². The van der Waals surface area contributed by atoms with Crippen molar-refractivity contribution in [1.82, 2.24) is 0 Å². The minimum Gasteiger partial charge on any atom is -0.497 e. The summed E-state index contributed by atoms with van der Waals surface area (Å²) in [5.41, 5.74) is 7.03. The zero-order valence-electron chi connectivity index (χ0n) is 21.8. The SMILES string of the molecule is COc1cccc(N/C=C2\CCCC3=C2OC2=C(C=[NH+]c4cccc(OC)c4)CCCC2=C3)c1.[O-][Cl+3]([O-])([O-])[O-]. The number of benzene rings is 2. The first-order chi connectivity index (χ1) is 18.7. The van der Waals surface area contributed by atoms with Crippen molar-refractivity contribution in [2.75, 3.05) is 19.5 Å². The zero-order chi connectivity index (χ0) is 27.8. The molecule has 0 fully saturated rings. The molecular weight excluding hydrogens is 524 g/mol. The van der Waals surface area contributed by atoms with Crippen molar-refractivity contribution in [3.63, 3.8) is 0 Å². The summed E-state index contributed by atoms with van der Waals surface area (Å²) < 4.78 is 51.3. The Hall–Kier alpha value is -3.60. The number of hydrogen-bond acceptors (Lipinski definition) is 8. The van der Waals surface area contributed by atoms with Crippen molar-refractivity contribution < 1.29 is 48.1 Å². The van der Waals surface area contributed by atoms with E-state index in [9.17, 15) is 0 Å². The third-order valence-corrected chi connectivity index (χ3v) is 6.47. The lowest BCUT2D eigenvalue weighted by molar-refractivity contribution is -2.00. The maximum atomic E-state index is 8.49. The van der Waals surface area contributed by atoms with Crippen LogP contribution in [-0.2, 0) is 4.74 Å². The van der Waals surface area contributed by atoms with Gasteiger partial charge >= 0.3 is 0 Å². The number of ether oxygens (including phenoxy) is 3. The number of anilines is 1. The number of allylic oxidation sites excluding steroid dienone is 5. The molecule has 0 amide bonds. The van der Waals surface area contributed by atoms with E-state index < -0.39 is 10.2 Å². The highest BCUT2D eigenvalue weighted by Gasteiger charge is 2.29. The standard InChI is InChI=1S/C29H30N2O3.ClHO4/c1-32-26-13-5-11-24(16-26)30-18-22-9-3-7-20-15-21-8-4-10-23(29(21)34-28(20)22)19-31-25-12-6-14-27(17-25)33-2;2-1(3,4)5/h5-6,11-19,30H,3-4,7-10H2,1-2H3;(H,2,3,4,5)/b22-18+,31-19?;. The van der Waals surface area contributed by atoms with Gasteiger partial charge in [-0.05, 0) is 73.9 Å². The molecule has 0 spiro atoms. The molecule has 2 aromatic rings. The maximum absolute atomic E-state index is 8.49. The average molecular weight is 555 g/mol. The van der Waals surface area contributed by atoms with Gasteiger partial charge in [-0.15, -0.1) is 10.2 Å². The fourth-order valence-electron chi connectivity index (χ4n) is 4.70. The molecule has 0 aromatic heterocycles. The van der Waals surface area contributed by atoms with Crippen LogP contribution in [0.2, 0.25) is 0 Å². The third-order valence-electron chi connectivity index (χ3n) is 6.47. The van der Waals surface area contributed by atoms with Crippen molar-refractivity contribution >= 4 is 17.6 Å². The van der Waals surface area contributed by atoms with Crippen LogP contribution < -0.4 is 38.4 Å². The van der Waals surface area contributed by atoms with Gasteiger partial charge in [0.15, 0.2) is 6.21 Å². The van der Waals surface area contributed by atoms with E-state index in [-0.39, 0.29) is 0 Å². The first-order valence-electron chi connectivity index (χ1n) is 12.5. The molecule has 0 saturated carbocycles. The van der Waals surface area contributed by atoms with Crippen LogP contribution in [0.5, 0.6) is 11.5 Å².